The Hall–Kier alpha value is -0.780. The summed E-state index contributed by atoms with van der Waals surface area (Å²) in [6.45, 7) is 5.66. The Morgan fingerprint density at radius 2 is 1.73 bits per heavy atom. The molecular weight excluding hydrogens is 132 g/mol. The molecule has 0 heterocycles. The zero-order valence-corrected chi connectivity index (χ0v) is 7.29. The van der Waals surface area contributed by atoms with Crippen molar-refractivity contribution in [1.82, 2.24) is 0 Å². The van der Waals surface area contributed by atoms with Crippen molar-refractivity contribution in [3.8, 4) is 0 Å². The maximum absolute atomic E-state index is 3.62. The summed E-state index contributed by atoms with van der Waals surface area (Å²) in [7, 11) is 0. The highest BCUT2D eigenvalue weighted by atomic mass is 13.8. The average molecular weight is 149 g/mol. The second-order valence-electron chi connectivity index (χ2n) is 2.32. The maximum Gasteiger partial charge on any atom is -0.0169 e. The third-order valence-electron chi connectivity index (χ3n) is 1.34. The fourth-order valence-electron chi connectivity index (χ4n) is 0.739. The largest absolute Gasteiger partial charge is 0.0914 e. The van der Waals surface area contributed by atoms with Gasteiger partial charge in [0.15, 0.2) is 0 Å². The summed E-state index contributed by atoms with van der Waals surface area (Å²) < 4.78 is 0. The third-order valence-corrected chi connectivity index (χ3v) is 1.34. The Morgan fingerprint density at radius 1 is 1.00 bits per heavy atom. The minimum absolute atomic E-state index is 1.06. The Kier molecular flexibility index (Phi) is 8.57. The Labute approximate surface area is 70.3 Å². The third kappa shape index (κ3) is 9.22. The van der Waals surface area contributed by atoms with E-state index in [0.29, 0.717) is 0 Å². The van der Waals surface area contributed by atoms with Crippen LogP contribution in [0.2, 0.25) is 0 Å². The minimum atomic E-state index is 1.06. The van der Waals surface area contributed by atoms with Crippen LogP contribution in [0, 0.1) is 6.92 Å². The summed E-state index contributed by atoms with van der Waals surface area (Å²) in [4.78, 5) is 0. The molecule has 0 heteroatoms. The van der Waals surface area contributed by atoms with Gasteiger partial charge < -0.3 is 0 Å². The first kappa shape index (κ1) is 10.2. The highest BCUT2D eigenvalue weighted by molar-refractivity contribution is 4.93. The summed E-state index contributed by atoms with van der Waals surface area (Å²) in [5, 5.41) is 0. The van der Waals surface area contributed by atoms with Crippen LogP contribution < -0.4 is 0 Å². The number of hydrogen-bond acceptors (Lipinski definition) is 0. The Bertz CT molecular complexity index is 138. The molecule has 0 saturated heterocycles. The van der Waals surface area contributed by atoms with E-state index in [1.807, 2.05) is 13.0 Å². The molecule has 0 nitrogen and oxygen atoms in total. The summed E-state index contributed by atoms with van der Waals surface area (Å²) in [5.41, 5.74) is 0. The predicted octanol–water partition coefficient (Wildman–Crippen LogP) is 3.68. The Morgan fingerprint density at radius 3 is 2.36 bits per heavy atom. The maximum atomic E-state index is 3.62. The molecule has 61 valence electrons. The highest BCUT2D eigenvalue weighted by Gasteiger charge is 1.74. The molecule has 0 saturated carbocycles. The SMILES string of the molecule is [CH2]/C=C/CC/C=C/C/C=C/C. The van der Waals surface area contributed by atoms with Crippen LogP contribution >= 0.6 is 0 Å². The topological polar surface area (TPSA) is 0 Å². The lowest BCUT2D eigenvalue weighted by molar-refractivity contribution is 1.04. The van der Waals surface area contributed by atoms with Crippen molar-refractivity contribution in [2.24, 2.45) is 0 Å². The second kappa shape index (κ2) is 9.22. The lowest BCUT2D eigenvalue weighted by Gasteiger charge is -1.84. The van der Waals surface area contributed by atoms with Gasteiger partial charge in [0.1, 0.15) is 0 Å². The van der Waals surface area contributed by atoms with E-state index in [4.69, 9.17) is 0 Å². The average Bonchev–Trinajstić information content (AvgIpc) is 2.03. The van der Waals surface area contributed by atoms with Crippen LogP contribution in [0.25, 0.3) is 0 Å². The van der Waals surface area contributed by atoms with E-state index in [2.05, 4.69) is 37.3 Å². The van der Waals surface area contributed by atoms with Crippen LogP contribution in [0.3, 0.4) is 0 Å². The van der Waals surface area contributed by atoms with Crippen LogP contribution in [-0.4, -0.2) is 0 Å². The van der Waals surface area contributed by atoms with Crippen LogP contribution in [0.1, 0.15) is 26.2 Å². The molecule has 1 radical (unpaired) electrons. The van der Waals surface area contributed by atoms with Crippen molar-refractivity contribution in [2.75, 3.05) is 0 Å². The van der Waals surface area contributed by atoms with E-state index in [1.54, 1.807) is 0 Å². The van der Waals surface area contributed by atoms with E-state index in [0.717, 1.165) is 19.3 Å². The number of allylic oxidation sites excluding steroid dienone is 6. The molecule has 0 rings (SSSR count). The summed E-state index contributed by atoms with van der Waals surface area (Å²) in [6, 6.07) is 0. The van der Waals surface area contributed by atoms with Gasteiger partial charge in [0.2, 0.25) is 0 Å². The second-order valence-corrected chi connectivity index (χ2v) is 2.32. The van der Waals surface area contributed by atoms with Gasteiger partial charge in [0.05, 0.1) is 0 Å². The zero-order valence-electron chi connectivity index (χ0n) is 7.29. The van der Waals surface area contributed by atoms with Crippen LogP contribution in [0.5, 0.6) is 0 Å². The van der Waals surface area contributed by atoms with Crippen LogP contribution in [0.4, 0.5) is 0 Å². The number of hydrogen-bond donors (Lipinski definition) is 0. The molecule has 0 fully saturated rings. The highest BCUT2D eigenvalue weighted by Crippen LogP contribution is 1.94. The normalized spacial score (nSPS) is 12.5. The van der Waals surface area contributed by atoms with Gasteiger partial charge in [-0.15, -0.1) is 0 Å². The van der Waals surface area contributed by atoms with Gasteiger partial charge >= 0.3 is 0 Å². The monoisotopic (exact) mass is 149 g/mol. The van der Waals surface area contributed by atoms with Crippen LogP contribution in [0.15, 0.2) is 36.5 Å². The van der Waals surface area contributed by atoms with Crippen molar-refractivity contribution in [3.63, 3.8) is 0 Å². The molecule has 0 aromatic rings. The number of rotatable bonds is 5. The molecule has 0 amide bonds. The summed E-state index contributed by atoms with van der Waals surface area (Å²) in [5.74, 6) is 0. The zero-order chi connectivity index (χ0) is 8.36. The quantitative estimate of drug-likeness (QED) is 0.413. The lowest BCUT2D eigenvalue weighted by atomic mass is 10.2. The van der Waals surface area contributed by atoms with Crippen molar-refractivity contribution >= 4 is 0 Å². The van der Waals surface area contributed by atoms with E-state index in [1.165, 1.54) is 0 Å². The lowest BCUT2D eigenvalue weighted by Crippen LogP contribution is -1.64. The summed E-state index contributed by atoms with van der Waals surface area (Å²) in [6.07, 6.45) is 15.8. The van der Waals surface area contributed by atoms with E-state index in [-0.39, 0.29) is 0 Å². The van der Waals surface area contributed by atoms with E-state index < -0.39 is 0 Å². The van der Waals surface area contributed by atoms with Gasteiger partial charge in [-0.2, -0.15) is 0 Å². The van der Waals surface area contributed by atoms with Crippen molar-refractivity contribution < 1.29 is 0 Å². The first-order valence-electron chi connectivity index (χ1n) is 4.12. The molecule has 11 heavy (non-hydrogen) atoms. The van der Waals surface area contributed by atoms with Gasteiger partial charge in [-0.1, -0.05) is 36.5 Å². The first-order chi connectivity index (χ1) is 5.41. The van der Waals surface area contributed by atoms with Crippen molar-refractivity contribution in [1.29, 1.82) is 0 Å². The Balaban J connectivity index is 3.16. The van der Waals surface area contributed by atoms with Gasteiger partial charge in [-0.3, -0.25) is 0 Å². The summed E-state index contributed by atoms with van der Waals surface area (Å²) >= 11 is 0. The van der Waals surface area contributed by atoms with Gasteiger partial charge in [0.25, 0.3) is 0 Å². The molecular formula is C11H17. The number of unbranched alkanes of at least 4 members (excludes halogenated alkanes) is 1. The first-order valence-corrected chi connectivity index (χ1v) is 4.12. The molecule has 0 spiro atoms. The smallest absolute Gasteiger partial charge is 0.0169 e. The molecule has 0 bridgehead atoms. The molecule has 0 aromatic heterocycles. The molecule has 0 aliphatic rings. The fourth-order valence-corrected chi connectivity index (χ4v) is 0.739. The van der Waals surface area contributed by atoms with E-state index in [9.17, 15) is 0 Å². The molecule has 0 aliphatic heterocycles. The molecule has 0 aliphatic carbocycles. The minimum Gasteiger partial charge on any atom is -0.0914 e. The molecule has 0 N–H and O–H groups in total. The van der Waals surface area contributed by atoms with Gasteiger partial charge in [-0.25, -0.2) is 0 Å². The molecule has 0 atom stereocenters. The van der Waals surface area contributed by atoms with Gasteiger partial charge in [0, 0.05) is 0 Å². The van der Waals surface area contributed by atoms with Gasteiger partial charge in [-0.05, 0) is 33.1 Å². The molecule has 0 unspecified atom stereocenters. The van der Waals surface area contributed by atoms with E-state index >= 15 is 0 Å². The fraction of sp³-hybridized carbons (Fsp3) is 0.364. The molecule has 0 aromatic carbocycles. The van der Waals surface area contributed by atoms with Crippen LogP contribution in [-0.2, 0) is 0 Å². The predicted molar refractivity (Wildman–Crippen MR) is 52.3 cm³/mol. The van der Waals surface area contributed by atoms with Crippen molar-refractivity contribution in [3.05, 3.63) is 43.4 Å². The van der Waals surface area contributed by atoms with Crippen molar-refractivity contribution in [2.45, 2.75) is 26.2 Å². The standard InChI is InChI=1S/C11H17/c1-3-5-7-9-11-10-8-6-4-2/h3-6,10-11H,1,7-9H2,2H3/b5-3+,6-4+,11-10+.